The number of hydrogen-bond donors (Lipinski definition) is 1. The van der Waals surface area contributed by atoms with Gasteiger partial charge in [0.15, 0.2) is 0 Å². The van der Waals surface area contributed by atoms with Crippen LogP contribution in [-0.2, 0) is 4.79 Å². The highest BCUT2D eigenvalue weighted by Gasteiger charge is 2.12. The number of hydrogen-bond acceptors (Lipinski definition) is 3. The lowest BCUT2D eigenvalue weighted by molar-refractivity contribution is -0.140. The van der Waals surface area contributed by atoms with Crippen LogP contribution >= 0.6 is 0 Å². The first-order chi connectivity index (χ1) is 6.74. The fraction of sp³-hybridized carbons (Fsp3) is 0. The average Bonchev–Trinajstić information content (AvgIpc) is 2.25. The number of para-hydroxylation sites is 2. The van der Waals surface area contributed by atoms with Crippen molar-refractivity contribution in [2.75, 3.05) is 5.84 Å². The van der Waals surface area contributed by atoms with Gasteiger partial charge in [0.05, 0.1) is 0 Å². The van der Waals surface area contributed by atoms with Crippen LogP contribution in [0.15, 0.2) is 36.9 Å². The number of nitrogens with two attached hydrogens (primary N) is 1. The summed E-state index contributed by atoms with van der Waals surface area (Å²) in [4.78, 5) is 18.2. The minimum absolute atomic E-state index is 0.546. The van der Waals surface area contributed by atoms with E-state index in [4.69, 9.17) is 10.7 Å². The van der Waals surface area contributed by atoms with E-state index in [-0.39, 0.29) is 0 Å². The van der Waals surface area contributed by atoms with Crippen molar-refractivity contribution in [2.45, 2.75) is 0 Å². The van der Waals surface area contributed by atoms with Crippen LogP contribution in [-0.4, -0.2) is 15.6 Å². The molecule has 0 aliphatic carbocycles. The Bertz CT molecular complexity index is 495. The molecule has 72 valence electrons. The van der Waals surface area contributed by atoms with Gasteiger partial charge in [-0.1, -0.05) is 23.6 Å². The quantitative estimate of drug-likeness (QED) is 0.548. The molecule has 0 saturated heterocycles. The molecule has 0 saturated carbocycles. The molecule has 0 radical (unpaired) electrons. The molecule has 14 heavy (non-hydrogen) atoms. The van der Waals surface area contributed by atoms with Crippen molar-refractivity contribution in [2.24, 2.45) is 0 Å². The Hall–Kier alpha value is -2.17. The van der Waals surface area contributed by atoms with E-state index in [2.05, 4.69) is 6.58 Å². The van der Waals surface area contributed by atoms with Crippen LogP contribution in [0.2, 0.25) is 0 Å². The zero-order valence-electron chi connectivity index (χ0n) is 7.38. The van der Waals surface area contributed by atoms with Crippen molar-refractivity contribution in [1.82, 2.24) is 9.64 Å². The third-order valence-electron chi connectivity index (χ3n) is 1.87. The molecule has 1 heterocycles. The molecule has 0 aliphatic heterocycles. The van der Waals surface area contributed by atoms with Gasteiger partial charge >= 0.3 is 5.97 Å². The van der Waals surface area contributed by atoms with E-state index in [1.807, 2.05) is 18.2 Å². The van der Waals surface area contributed by atoms with Crippen LogP contribution in [0.4, 0.5) is 0 Å². The topological polar surface area (TPSA) is 62.2 Å². The number of carbonyl (C=O) groups is 1. The second-order valence-electron chi connectivity index (χ2n) is 2.72. The van der Waals surface area contributed by atoms with Gasteiger partial charge in [-0.05, 0) is 12.1 Å². The lowest BCUT2D eigenvalue weighted by Gasteiger charge is -2.20. The first-order valence-corrected chi connectivity index (χ1v) is 4.02. The molecule has 0 spiro atoms. The highest BCUT2D eigenvalue weighted by atomic mass is 16.7. The summed E-state index contributed by atoms with van der Waals surface area (Å²) in [5.74, 6) is 5.04. The molecule has 5 heteroatoms. The number of fused-ring (bicyclic) bond motifs is 1. The largest absolute Gasteiger partial charge is 0.357 e. The lowest BCUT2D eigenvalue weighted by Crippen LogP contribution is -2.36. The van der Waals surface area contributed by atoms with Crippen LogP contribution in [0.1, 0.15) is 0 Å². The summed E-state index contributed by atoms with van der Waals surface area (Å²) in [7, 11) is 0. The maximum atomic E-state index is 10.9. The maximum absolute atomic E-state index is 10.9. The van der Waals surface area contributed by atoms with E-state index >= 15 is 0 Å². The number of rotatable bonds is 2. The first-order valence-electron chi connectivity index (χ1n) is 4.02. The van der Waals surface area contributed by atoms with Gasteiger partial charge in [-0.2, -0.15) is 4.79 Å². The Morgan fingerprint density at radius 1 is 1.43 bits per heavy atom. The summed E-state index contributed by atoms with van der Waals surface area (Å²) >= 11 is 0. The summed E-state index contributed by atoms with van der Waals surface area (Å²) in [5.41, 5.74) is 1.56. The van der Waals surface area contributed by atoms with Crippen molar-refractivity contribution in [3.8, 4) is 0 Å². The molecule has 2 N–H and O–H groups in total. The summed E-state index contributed by atoms with van der Waals surface area (Å²) in [6.45, 7) is 3.29. The summed E-state index contributed by atoms with van der Waals surface area (Å²) in [6, 6.07) is 7.31. The molecule has 0 bridgehead atoms. The Kier molecular flexibility index (Phi) is 1.78. The maximum Gasteiger partial charge on any atom is 0.357 e. The molecule has 0 unspecified atom stereocenters. The predicted molar refractivity (Wildman–Crippen MR) is 51.9 cm³/mol. The van der Waals surface area contributed by atoms with Crippen molar-refractivity contribution in [1.29, 1.82) is 0 Å². The minimum atomic E-state index is -0.546. The number of benzene rings is 1. The third kappa shape index (κ3) is 1.06. The van der Waals surface area contributed by atoms with Gasteiger partial charge in [-0.3, -0.25) is 0 Å². The highest BCUT2D eigenvalue weighted by molar-refractivity contribution is 5.83. The predicted octanol–water partition coefficient (Wildman–Crippen LogP) is 0.298. The molecular weight excluding hydrogens is 182 g/mol. The summed E-state index contributed by atoms with van der Waals surface area (Å²) < 4.78 is 0. The van der Waals surface area contributed by atoms with Crippen LogP contribution in [0.5, 0.6) is 0 Å². The van der Waals surface area contributed by atoms with Gasteiger partial charge in [0.2, 0.25) is 0 Å². The molecule has 0 amide bonds. The van der Waals surface area contributed by atoms with Gasteiger partial charge < -0.3 is 10.7 Å². The third-order valence-corrected chi connectivity index (χ3v) is 1.87. The van der Waals surface area contributed by atoms with Crippen LogP contribution in [0.3, 0.4) is 0 Å². The number of carbonyl (C=O) groups excluding carboxylic acids is 1. The van der Waals surface area contributed by atoms with Crippen molar-refractivity contribution in [3.63, 3.8) is 0 Å². The molecule has 0 aliphatic rings. The molecule has 2 aromatic rings. The molecule has 1 aromatic heterocycles. The standard InChI is InChI=1S/C9H9N3O2/c1-2-9(13)14-12-8-6-4-3-5-7(8)11(12)10/h2-6H,1,10H2. The molecule has 0 atom stereocenters. The first kappa shape index (κ1) is 8.43. The smallest absolute Gasteiger partial charge is 0.322 e. The summed E-state index contributed by atoms with van der Waals surface area (Å²) in [5, 5.41) is 0. The van der Waals surface area contributed by atoms with E-state index < -0.39 is 5.97 Å². The fourth-order valence-electron chi connectivity index (χ4n) is 1.20. The van der Waals surface area contributed by atoms with Crippen molar-refractivity contribution >= 4 is 17.0 Å². The van der Waals surface area contributed by atoms with Gasteiger partial charge in [0.1, 0.15) is 11.0 Å². The van der Waals surface area contributed by atoms with E-state index in [9.17, 15) is 4.79 Å². The van der Waals surface area contributed by atoms with Crippen LogP contribution in [0, 0.1) is 0 Å². The van der Waals surface area contributed by atoms with E-state index in [1.165, 1.54) is 9.64 Å². The summed E-state index contributed by atoms with van der Waals surface area (Å²) in [6.07, 6.45) is 1.08. The fourth-order valence-corrected chi connectivity index (χ4v) is 1.20. The molecule has 5 nitrogen and oxygen atoms in total. The van der Waals surface area contributed by atoms with E-state index in [0.29, 0.717) is 0 Å². The molecular formula is C9H9N3O2. The SMILES string of the molecule is C=CC(=O)On1c2ccccc2n1N. The number of nitrogen functional groups attached to an aromatic ring is 1. The van der Waals surface area contributed by atoms with Gasteiger partial charge in [0.25, 0.3) is 0 Å². The zero-order valence-corrected chi connectivity index (χ0v) is 7.38. The van der Waals surface area contributed by atoms with E-state index in [1.54, 1.807) is 6.07 Å². The van der Waals surface area contributed by atoms with Gasteiger partial charge in [0, 0.05) is 6.08 Å². The Balaban J connectivity index is 2.39. The average molecular weight is 191 g/mol. The lowest BCUT2D eigenvalue weighted by atomic mass is 10.3. The monoisotopic (exact) mass is 191 g/mol. The second kappa shape index (κ2) is 2.95. The Labute approximate surface area is 79.9 Å². The van der Waals surface area contributed by atoms with Gasteiger partial charge in [-0.15, -0.1) is 0 Å². The van der Waals surface area contributed by atoms with E-state index in [0.717, 1.165) is 17.1 Å². The highest BCUT2D eigenvalue weighted by Crippen LogP contribution is 2.14. The Morgan fingerprint density at radius 3 is 2.71 bits per heavy atom. The zero-order chi connectivity index (χ0) is 10.1. The normalized spacial score (nSPS) is 10.3. The van der Waals surface area contributed by atoms with Gasteiger partial charge in [-0.25, -0.2) is 4.79 Å². The van der Waals surface area contributed by atoms with Crippen molar-refractivity contribution < 1.29 is 9.63 Å². The van der Waals surface area contributed by atoms with Crippen LogP contribution < -0.4 is 10.7 Å². The number of aromatic nitrogens is 2. The minimum Gasteiger partial charge on any atom is -0.322 e. The molecule has 2 rings (SSSR count). The molecule has 0 fully saturated rings. The van der Waals surface area contributed by atoms with Crippen LogP contribution in [0.25, 0.3) is 11.0 Å². The second-order valence-corrected chi connectivity index (χ2v) is 2.72. The van der Waals surface area contributed by atoms with Crippen molar-refractivity contribution in [3.05, 3.63) is 36.9 Å². The molecule has 1 aromatic carbocycles. The Morgan fingerprint density at radius 2 is 2.07 bits per heavy atom. The number of nitrogens with zero attached hydrogens (tertiary/aromatic N) is 2.